The van der Waals surface area contributed by atoms with Gasteiger partial charge in [-0.2, -0.15) is 0 Å². The first-order valence-corrected chi connectivity index (χ1v) is 9.78. The molecule has 144 valence electrons. The summed E-state index contributed by atoms with van der Waals surface area (Å²) < 4.78 is 0. The molecule has 2 N–H and O–H groups in total. The van der Waals surface area contributed by atoms with E-state index in [0.717, 1.165) is 12.1 Å². The van der Waals surface area contributed by atoms with E-state index in [1.165, 1.54) is 17.4 Å². The maximum Gasteiger partial charge on any atom is 0.263 e. The van der Waals surface area contributed by atoms with Gasteiger partial charge in [0.05, 0.1) is 12.3 Å². The van der Waals surface area contributed by atoms with Crippen LogP contribution in [-0.2, 0) is 0 Å². The topological polar surface area (TPSA) is 69.8 Å². The van der Waals surface area contributed by atoms with E-state index < -0.39 is 0 Å². The summed E-state index contributed by atoms with van der Waals surface area (Å²) >= 11 is 1.30. The summed E-state index contributed by atoms with van der Waals surface area (Å²) in [6.45, 7) is 18.9. The van der Waals surface area contributed by atoms with Gasteiger partial charge in [-0.15, -0.1) is 11.3 Å². The van der Waals surface area contributed by atoms with Gasteiger partial charge in [0.25, 0.3) is 5.91 Å². The number of carbonyl (C=O) groups is 1. The molecule has 0 radical (unpaired) electrons. The molecule has 27 heavy (non-hydrogen) atoms. The number of phenols is 1. The summed E-state index contributed by atoms with van der Waals surface area (Å²) in [7, 11) is 0. The number of nitrogens with one attached hydrogen (secondary N) is 1. The minimum atomic E-state index is -0.132. The lowest BCUT2D eigenvalue weighted by Gasteiger charge is -2.30. The zero-order chi connectivity index (χ0) is 20.1. The molecule has 0 atom stereocenters. The van der Waals surface area contributed by atoms with Gasteiger partial charge in [0.1, 0.15) is 15.6 Å². The van der Waals surface area contributed by atoms with Gasteiger partial charge in [0.15, 0.2) is 0 Å². The smallest absolute Gasteiger partial charge is 0.263 e. The summed E-state index contributed by atoms with van der Waals surface area (Å²) in [4.78, 5) is 23.2. The van der Waals surface area contributed by atoms with Gasteiger partial charge in [-0.25, -0.2) is 9.83 Å². The van der Waals surface area contributed by atoms with E-state index in [1.54, 1.807) is 19.1 Å². The van der Waals surface area contributed by atoms with Crippen molar-refractivity contribution >= 4 is 22.9 Å². The minimum Gasteiger partial charge on any atom is -0.519 e. The van der Waals surface area contributed by atoms with Gasteiger partial charge in [-0.05, 0) is 46.8 Å². The molecule has 7 heteroatoms. The van der Waals surface area contributed by atoms with Crippen LogP contribution in [0.2, 0.25) is 0 Å². The van der Waals surface area contributed by atoms with Crippen LogP contribution in [-0.4, -0.2) is 46.1 Å². The molecule has 0 unspecified atom stereocenters. The number of benzene rings is 1. The van der Waals surface area contributed by atoms with E-state index in [9.17, 15) is 9.90 Å². The van der Waals surface area contributed by atoms with E-state index in [1.807, 2.05) is 0 Å². The number of aromatic hydroxyl groups is 1. The highest BCUT2D eigenvalue weighted by Gasteiger charge is 2.18. The standard InChI is InChI=1S/C20H26N4O2S/c1-12(2)24(13(3)4)10-9-22-19(26)18-14(5)23-20(27-18)15-7-8-17(25)16(11-15)21-6/h7-8,11-13,25H,9-10H2,1-5H3,(H,22,26). The molecule has 0 aliphatic rings. The largest absolute Gasteiger partial charge is 0.519 e. The highest BCUT2D eigenvalue weighted by molar-refractivity contribution is 7.17. The monoisotopic (exact) mass is 386 g/mol. The molecule has 0 saturated heterocycles. The Morgan fingerprint density at radius 1 is 1.33 bits per heavy atom. The Balaban J connectivity index is 2.10. The van der Waals surface area contributed by atoms with Gasteiger partial charge in [0.2, 0.25) is 5.69 Å². The van der Waals surface area contributed by atoms with Crippen LogP contribution in [0.5, 0.6) is 5.75 Å². The lowest BCUT2D eigenvalue weighted by molar-refractivity contribution is 0.0942. The third-order valence-electron chi connectivity index (χ3n) is 4.33. The quantitative estimate of drug-likeness (QED) is 0.699. The number of thiazole rings is 1. The molecule has 1 aromatic heterocycles. The normalized spacial score (nSPS) is 11.2. The van der Waals surface area contributed by atoms with Crippen molar-refractivity contribution in [3.63, 3.8) is 0 Å². The summed E-state index contributed by atoms with van der Waals surface area (Å²) in [5.41, 5.74) is 1.56. The third kappa shape index (κ3) is 5.06. The molecule has 2 aromatic rings. The number of hydrogen-bond donors (Lipinski definition) is 2. The number of aryl methyl sites for hydroxylation is 1. The maximum absolute atomic E-state index is 12.6. The zero-order valence-corrected chi connectivity index (χ0v) is 17.2. The van der Waals surface area contributed by atoms with Crippen LogP contribution >= 0.6 is 11.3 Å². The lowest BCUT2D eigenvalue weighted by atomic mass is 10.2. The van der Waals surface area contributed by atoms with Crippen LogP contribution in [0.25, 0.3) is 15.4 Å². The van der Waals surface area contributed by atoms with Gasteiger partial charge >= 0.3 is 0 Å². The van der Waals surface area contributed by atoms with E-state index in [-0.39, 0.29) is 17.3 Å². The van der Waals surface area contributed by atoms with Crippen molar-refractivity contribution in [2.45, 2.75) is 46.7 Å². The Bertz CT molecular complexity index is 844. The molecule has 0 spiro atoms. The fourth-order valence-corrected chi connectivity index (χ4v) is 3.95. The first-order chi connectivity index (χ1) is 12.7. The fourth-order valence-electron chi connectivity index (χ4n) is 2.97. The molecule has 0 fully saturated rings. The second kappa shape index (κ2) is 8.98. The molecule has 1 aromatic carbocycles. The SMILES string of the molecule is [C-]#[N+]c1cc(-c2nc(C)c(C(=O)NCCN(C(C)C)C(C)C)s2)ccc1O. The van der Waals surface area contributed by atoms with E-state index in [4.69, 9.17) is 6.57 Å². The average molecular weight is 387 g/mol. The number of nitrogens with zero attached hydrogens (tertiary/aromatic N) is 3. The van der Waals surface area contributed by atoms with Crippen molar-refractivity contribution in [1.82, 2.24) is 15.2 Å². The Morgan fingerprint density at radius 2 is 2.00 bits per heavy atom. The molecule has 6 nitrogen and oxygen atoms in total. The van der Waals surface area contributed by atoms with Crippen LogP contribution in [0.3, 0.4) is 0 Å². The van der Waals surface area contributed by atoms with Gasteiger partial charge in [-0.1, -0.05) is 6.07 Å². The summed E-state index contributed by atoms with van der Waals surface area (Å²) in [6, 6.07) is 5.61. The van der Waals surface area contributed by atoms with Crippen molar-refractivity contribution in [2.75, 3.05) is 13.1 Å². The van der Waals surface area contributed by atoms with Crippen LogP contribution in [0.4, 0.5) is 5.69 Å². The van der Waals surface area contributed by atoms with Crippen LogP contribution in [0.1, 0.15) is 43.1 Å². The highest BCUT2D eigenvalue weighted by Crippen LogP contribution is 2.34. The number of aromatic nitrogens is 1. The molecule has 0 aliphatic heterocycles. The minimum absolute atomic E-state index is 0.0557. The Kier molecular flexibility index (Phi) is 6.94. The van der Waals surface area contributed by atoms with E-state index >= 15 is 0 Å². The average Bonchev–Trinajstić information content (AvgIpc) is 3.00. The van der Waals surface area contributed by atoms with E-state index in [0.29, 0.717) is 34.2 Å². The Labute approximate surface area is 164 Å². The van der Waals surface area contributed by atoms with Crippen molar-refractivity contribution in [2.24, 2.45) is 0 Å². The van der Waals surface area contributed by atoms with E-state index in [2.05, 4.69) is 47.7 Å². The summed E-state index contributed by atoms with van der Waals surface area (Å²) in [5, 5.41) is 13.3. The Morgan fingerprint density at radius 3 is 2.59 bits per heavy atom. The Hall–Kier alpha value is -2.43. The molecular formula is C20H26N4O2S. The highest BCUT2D eigenvalue weighted by atomic mass is 32.1. The molecule has 1 amide bonds. The summed E-state index contributed by atoms with van der Waals surface area (Å²) in [5.74, 6) is -0.187. The van der Waals surface area contributed by atoms with Crippen LogP contribution in [0, 0.1) is 13.5 Å². The van der Waals surface area contributed by atoms with Crippen molar-refractivity contribution in [1.29, 1.82) is 0 Å². The second-order valence-electron chi connectivity index (χ2n) is 6.93. The molecule has 2 rings (SSSR count). The number of amides is 1. The zero-order valence-electron chi connectivity index (χ0n) is 16.4. The van der Waals surface area contributed by atoms with Gasteiger partial charge < -0.3 is 10.4 Å². The number of hydrogen-bond acceptors (Lipinski definition) is 5. The molecule has 0 aliphatic carbocycles. The van der Waals surface area contributed by atoms with Crippen LogP contribution < -0.4 is 5.32 Å². The predicted octanol–water partition coefficient (Wildman–Crippen LogP) is 4.22. The fraction of sp³-hybridized carbons (Fsp3) is 0.450. The number of rotatable bonds is 7. The van der Waals surface area contributed by atoms with Gasteiger partial charge in [-0.3, -0.25) is 9.69 Å². The maximum atomic E-state index is 12.6. The number of carbonyl (C=O) groups excluding carboxylic acids is 1. The lowest BCUT2D eigenvalue weighted by Crippen LogP contribution is -2.42. The van der Waals surface area contributed by atoms with Crippen molar-refractivity contribution in [3.05, 3.63) is 40.2 Å². The van der Waals surface area contributed by atoms with Gasteiger partial charge in [0, 0.05) is 30.7 Å². The second-order valence-corrected chi connectivity index (χ2v) is 7.93. The number of phenolic OH excluding ortho intramolecular Hbond substituents is 1. The first kappa shape index (κ1) is 20.9. The first-order valence-electron chi connectivity index (χ1n) is 8.96. The molecular weight excluding hydrogens is 360 g/mol. The third-order valence-corrected chi connectivity index (χ3v) is 5.53. The van der Waals surface area contributed by atoms with Crippen molar-refractivity contribution < 1.29 is 9.90 Å². The molecule has 0 saturated carbocycles. The van der Waals surface area contributed by atoms with Crippen molar-refractivity contribution in [3.8, 4) is 16.3 Å². The van der Waals surface area contributed by atoms with Crippen LogP contribution in [0.15, 0.2) is 18.2 Å². The molecule has 0 bridgehead atoms. The summed E-state index contributed by atoms with van der Waals surface area (Å²) in [6.07, 6.45) is 0. The predicted molar refractivity (Wildman–Crippen MR) is 110 cm³/mol. The molecule has 1 heterocycles.